The predicted octanol–water partition coefficient (Wildman–Crippen LogP) is 2.44. The van der Waals surface area contributed by atoms with Crippen molar-refractivity contribution in [2.75, 3.05) is 6.54 Å². The van der Waals surface area contributed by atoms with Crippen molar-refractivity contribution in [3.63, 3.8) is 0 Å². The maximum Gasteiger partial charge on any atom is 0.347 e. The molecule has 0 bridgehead atoms. The number of carboxylic acids is 1. The first-order chi connectivity index (χ1) is 12.4. The van der Waals surface area contributed by atoms with E-state index in [9.17, 15) is 4.79 Å². The first kappa shape index (κ1) is 18.2. The Hall–Kier alpha value is -2.64. The van der Waals surface area contributed by atoms with Crippen LogP contribution in [-0.4, -0.2) is 28.2 Å². The minimum atomic E-state index is -1.29. The van der Waals surface area contributed by atoms with Crippen LogP contribution in [0.5, 0.6) is 11.5 Å². The van der Waals surface area contributed by atoms with Crippen molar-refractivity contribution in [1.82, 2.24) is 15.8 Å². The highest BCUT2D eigenvalue weighted by Crippen LogP contribution is 2.22. The highest BCUT2D eigenvalue weighted by molar-refractivity contribution is 5.76. The molecule has 1 unspecified atom stereocenters. The fourth-order valence-corrected chi connectivity index (χ4v) is 2.59. The van der Waals surface area contributed by atoms with E-state index < -0.39 is 11.6 Å². The highest BCUT2D eigenvalue weighted by Gasteiger charge is 2.29. The Labute approximate surface area is 152 Å². The Bertz CT molecular complexity index is 756. The summed E-state index contributed by atoms with van der Waals surface area (Å²) < 4.78 is 11.3. The monoisotopic (exact) mass is 357 g/mol. The summed E-state index contributed by atoms with van der Waals surface area (Å²) in [6.45, 7) is 4.30. The molecule has 26 heavy (non-hydrogen) atoms. The standard InChI is InChI=1S/C19H23N3O4/c1-19(2,18(23)24)26-14-5-3-4-13(10-14)12-25-15-6-7-16(20-11-15)17-8-9-21-22-17/h3-7,10-11,17,21-22H,8-9,12H2,1-2H3,(H,23,24). The lowest BCUT2D eigenvalue weighted by atomic mass is 10.1. The van der Waals surface area contributed by atoms with Crippen LogP contribution in [0.1, 0.15) is 37.6 Å². The molecule has 0 amide bonds. The van der Waals surface area contributed by atoms with Gasteiger partial charge in [-0.05, 0) is 50.1 Å². The number of hydrazine groups is 1. The van der Waals surface area contributed by atoms with Gasteiger partial charge < -0.3 is 14.6 Å². The van der Waals surface area contributed by atoms with Gasteiger partial charge in [0.05, 0.1) is 17.9 Å². The third kappa shape index (κ3) is 4.50. The van der Waals surface area contributed by atoms with E-state index in [4.69, 9.17) is 14.6 Å². The minimum absolute atomic E-state index is 0.232. The maximum atomic E-state index is 11.2. The first-order valence-electron chi connectivity index (χ1n) is 8.52. The molecule has 1 aliphatic heterocycles. The molecule has 7 nitrogen and oxygen atoms in total. The number of benzene rings is 1. The van der Waals surface area contributed by atoms with E-state index in [0.717, 1.165) is 24.2 Å². The number of hydrogen-bond donors (Lipinski definition) is 3. The van der Waals surface area contributed by atoms with E-state index in [0.29, 0.717) is 18.1 Å². The zero-order valence-electron chi connectivity index (χ0n) is 14.9. The fourth-order valence-electron chi connectivity index (χ4n) is 2.59. The summed E-state index contributed by atoms with van der Waals surface area (Å²) in [4.78, 5) is 15.6. The SMILES string of the molecule is CC(C)(Oc1cccc(COc2ccc(C3CCNN3)nc2)c1)C(=O)O. The van der Waals surface area contributed by atoms with Crippen molar-refractivity contribution in [3.8, 4) is 11.5 Å². The quantitative estimate of drug-likeness (QED) is 0.701. The van der Waals surface area contributed by atoms with Crippen LogP contribution in [0.25, 0.3) is 0 Å². The molecule has 2 aromatic rings. The summed E-state index contributed by atoms with van der Waals surface area (Å²) in [7, 11) is 0. The van der Waals surface area contributed by atoms with Gasteiger partial charge in [-0.15, -0.1) is 0 Å². The Morgan fingerprint density at radius 3 is 2.81 bits per heavy atom. The lowest BCUT2D eigenvalue weighted by molar-refractivity contribution is -0.152. The molecule has 2 heterocycles. The largest absolute Gasteiger partial charge is 0.487 e. The van der Waals surface area contributed by atoms with E-state index in [1.807, 2.05) is 24.3 Å². The lowest BCUT2D eigenvalue weighted by Crippen LogP contribution is -2.37. The van der Waals surface area contributed by atoms with Crippen LogP contribution in [0.15, 0.2) is 42.6 Å². The van der Waals surface area contributed by atoms with Crippen molar-refractivity contribution < 1.29 is 19.4 Å². The number of nitrogens with zero attached hydrogens (tertiary/aromatic N) is 1. The Balaban J connectivity index is 1.59. The minimum Gasteiger partial charge on any atom is -0.487 e. The van der Waals surface area contributed by atoms with Gasteiger partial charge in [-0.25, -0.2) is 10.2 Å². The zero-order chi connectivity index (χ0) is 18.6. The number of ether oxygens (including phenoxy) is 2. The molecule has 1 aliphatic rings. The molecular weight excluding hydrogens is 334 g/mol. The molecule has 1 atom stereocenters. The lowest BCUT2D eigenvalue weighted by Gasteiger charge is -2.21. The van der Waals surface area contributed by atoms with E-state index in [1.54, 1.807) is 18.3 Å². The topological polar surface area (TPSA) is 92.7 Å². The van der Waals surface area contributed by atoms with Gasteiger partial charge in [-0.3, -0.25) is 10.4 Å². The molecular formula is C19H23N3O4. The number of pyridine rings is 1. The molecule has 0 saturated carbocycles. The second-order valence-corrected chi connectivity index (χ2v) is 6.68. The molecule has 1 saturated heterocycles. The van der Waals surface area contributed by atoms with Gasteiger partial charge in [0.2, 0.25) is 0 Å². The summed E-state index contributed by atoms with van der Waals surface area (Å²) in [5, 5.41) is 9.16. The van der Waals surface area contributed by atoms with Crippen molar-refractivity contribution in [3.05, 3.63) is 53.9 Å². The van der Waals surface area contributed by atoms with Crippen LogP contribution in [0, 0.1) is 0 Å². The van der Waals surface area contributed by atoms with Gasteiger partial charge in [0.1, 0.15) is 18.1 Å². The van der Waals surface area contributed by atoms with Crippen LogP contribution >= 0.6 is 0 Å². The van der Waals surface area contributed by atoms with Crippen molar-refractivity contribution in [1.29, 1.82) is 0 Å². The molecule has 7 heteroatoms. The third-order valence-corrected chi connectivity index (χ3v) is 4.14. The van der Waals surface area contributed by atoms with E-state index >= 15 is 0 Å². The van der Waals surface area contributed by atoms with E-state index in [1.165, 1.54) is 13.8 Å². The molecule has 1 aromatic heterocycles. The van der Waals surface area contributed by atoms with E-state index in [-0.39, 0.29) is 6.04 Å². The van der Waals surface area contributed by atoms with Gasteiger partial charge in [-0.1, -0.05) is 12.1 Å². The number of hydrogen-bond acceptors (Lipinski definition) is 6. The molecule has 0 spiro atoms. The number of rotatable bonds is 7. The normalized spacial score (nSPS) is 17.1. The molecule has 1 fully saturated rings. The predicted molar refractivity (Wildman–Crippen MR) is 95.9 cm³/mol. The van der Waals surface area contributed by atoms with Crippen LogP contribution in [0.4, 0.5) is 0 Å². The van der Waals surface area contributed by atoms with Crippen LogP contribution in [-0.2, 0) is 11.4 Å². The van der Waals surface area contributed by atoms with Gasteiger partial charge in [0.25, 0.3) is 0 Å². The Kier molecular flexibility index (Phi) is 5.39. The summed E-state index contributed by atoms with van der Waals surface area (Å²) in [6, 6.07) is 11.3. The number of nitrogens with one attached hydrogen (secondary N) is 2. The molecule has 3 rings (SSSR count). The van der Waals surface area contributed by atoms with Crippen molar-refractivity contribution in [2.24, 2.45) is 0 Å². The summed E-state index contributed by atoms with van der Waals surface area (Å²) >= 11 is 0. The van der Waals surface area contributed by atoms with Gasteiger partial charge in [0.15, 0.2) is 5.60 Å². The van der Waals surface area contributed by atoms with Crippen LogP contribution < -0.4 is 20.3 Å². The second kappa shape index (κ2) is 7.72. The maximum absolute atomic E-state index is 11.2. The third-order valence-electron chi connectivity index (χ3n) is 4.14. The smallest absolute Gasteiger partial charge is 0.347 e. The highest BCUT2D eigenvalue weighted by atomic mass is 16.5. The van der Waals surface area contributed by atoms with Crippen LogP contribution in [0.2, 0.25) is 0 Å². The first-order valence-corrected chi connectivity index (χ1v) is 8.52. The van der Waals surface area contributed by atoms with Crippen molar-refractivity contribution >= 4 is 5.97 Å². The molecule has 3 N–H and O–H groups in total. The molecule has 0 aliphatic carbocycles. The van der Waals surface area contributed by atoms with Crippen molar-refractivity contribution in [2.45, 2.75) is 38.5 Å². The summed E-state index contributed by atoms with van der Waals surface area (Å²) in [5.41, 5.74) is 6.84. The van der Waals surface area contributed by atoms with Gasteiger partial charge in [0, 0.05) is 6.54 Å². The van der Waals surface area contributed by atoms with E-state index in [2.05, 4.69) is 15.8 Å². The number of aliphatic carboxylic acids is 1. The van der Waals surface area contributed by atoms with Gasteiger partial charge >= 0.3 is 5.97 Å². The fraction of sp³-hybridized carbons (Fsp3) is 0.368. The number of carbonyl (C=O) groups is 1. The van der Waals surface area contributed by atoms with Crippen LogP contribution in [0.3, 0.4) is 0 Å². The summed E-state index contributed by atoms with van der Waals surface area (Å²) in [6.07, 6.45) is 2.72. The average molecular weight is 357 g/mol. The average Bonchev–Trinajstić information content (AvgIpc) is 3.15. The molecule has 0 radical (unpaired) electrons. The second-order valence-electron chi connectivity index (χ2n) is 6.68. The van der Waals surface area contributed by atoms with Gasteiger partial charge in [-0.2, -0.15) is 0 Å². The summed E-state index contributed by atoms with van der Waals surface area (Å²) in [5.74, 6) is 0.154. The Morgan fingerprint density at radius 2 is 2.15 bits per heavy atom. The Morgan fingerprint density at radius 1 is 1.31 bits per heavy atom. The molecule has 138 valence electrons. The number of aromatic nitrogens is 1. The zero-order valence-corrected chi connectivity index (χ0v) is 14.9. The number of carboxylic acid groups (broad SMARTS) is 1. The molecule has 1 aromatic carbocycles.